The number of phenolic OH excluding ortho intramolecular Hbond substituents is 1. The maximum absolute atomic E-state index is 16.1. The number of Topliss-reactive ketones (excluding diaryl/α,β-unsaturated/α-hetero) is 2. The summed E-state index contributed by atoms with van der Waals surface area (Å²) < 4.78 is 16.1. The number of ketones is 2. The number of fused-ring (bicyclic) bond motifs is 4. The molecular weight excluding hydrogens is 537 g/mol. The van der Waals surface area contributed by atoms with Crippen LogP contribution in [0.25, 0.3) is 5.76 Å². The molecule has 1 saturated carbocycles. The van der Waals surface area contributed by atoms with Crippen LogP contribution in [0, 0.1) is 17.7 Å². The number of halogens is 1. The zero-order valence-electron chi connectivity index (χ0n) is 21.5. The Morgan fingerprint density at radius 1 is 1.07 bits per heavy atom. The summed E-state index contributed by atoms with van der Waals surface area (Å²) >= 11 is 0. The van der Waals surface area contributed by atoms with Crippen LogP contribution in [0.5, 0.6) is 5.75 Å². The Kier molecular flexibility index (Phi) is 6.01. The van der Waals surface area contributed by atoms with E-state index in [-0.39, 0.29) is 42.6 Å². The lowest BCUT2D eigenvalue weighted by Crippen LogP contribution is -2.58. The van der Waals surface area contributed by atoms with E-state index in [1.807, 2.05) is 30.3 Å². The van der Waals surface area contributed by atoms with Crippen molar-refractivity contribution in [1.82, 2.24) is 5.32 Å². The zero-order valence-corrected chi connectivity index (χ0v) is 21.5. The van der Waals surface area contributed by atoms with E-state index in [0.29, 0.717) is 0 Å². The predicted molar refractivity (Wildman–Crippen MR) is 141 cm³/mol. The van der Waals surface area contributed by atoms with Gasteiger partial charge in [-0.15, -0.1) is 0 Å². The minimum absolute atomic E-state index is 0.0282. The quantitative estimate of drug-likeness (QED) is 0.212. The fourth-order valence-corrected chi connectivity index (χ4v) is 6.61. The van der Waals surface area contributed by atoms with Gasteiger partial charge in [-0.2, -0.15) is 0 Å². The SMILES string of the molecule is NC(=O)C1=C(O)[C@@]2(O)C(=O)C3=C(O)c4c(O)c5c(c(F)c4C[C@H]3C[C@H]2CC1=O)CN[C@@H](Cc1ccccc1)C(=O)N5. The number of hydrogen-bond acceptors (Lipinski definition) is 9. The van der Waals surface area contributed by atoms with Gasteiger partial charge in [-0.25, -0.2) is 4.39 Å². The summed E-state index contributed by atoms with van der Waals surface area (Å²) in [6.07, 6.45) is -0.479. The third kappa shape index (κ3) is 3.78. The van der Waals surface area contributed by atoms with Crippen LogP contribution in [0.2, 0.25) is 0 Å². The normalized spacial score (nSPS) is 27.4. The van der Waals surface area contributed by atoms with Gasteiger partial charge in [0.25, 0.3) is 5.91 Å². The standard InChI is InChI=1S/C29H26FN3O8/c30-21-14-8-12-7-13-9-17(34)20(27(31)39)26(38)29(13,41)25(37)18(12)23(35)19(14)24(36)22-15(21)10-32-16(28(40)33-22)6-11-4-2-1-3-5-11/h1-5,12-13,16,32,35-36,38,41H,6-10H2,(H2,31,39)(H,33,40)/t12-,13+,16+,29+/m1/s1. The molecule has 0 bridgehead atoms. The number of aliphatic hydroxyl groups is 3. The molecule has 11 nitrogen and oxygen atoms in total. The van der Waals surface area contributed by atoms with Crippen LogP contribution in [0.4, 0.5) is 10.1 Å². The Morgan fingerprint density at radius 2 is 1.78 bits per heavy atom. The topological polar surface area (TPSA) is 199 Å². The Balaban J connectivity index is 1.43. The minimum Gasteiger partial charge on any atom is -0.508 e. The van der Waals surface area contributed by atoms with Crippen molar-refractivity contribution in [2.24, 2.45) is 17.6 Å². The van der Waals surface area contributed by atoms with Crippen molar-refractivity contribution in [3.8, 4) is 5.75 Å². The number of primary amides is 1. The van der Waals surface area contributed by atoms with Gasteiger partial charge in [0.05, 0.1) is 17.3 Å². The van der Waals surface area contributed by atoms with Gasteiger partial charge in [0.2, 0.25) is 11.7 Å². The summed E-state index contributed by atoms with van der Waals surface area (Å²) in [7, 11) is 0. The second kappa shape index (κ2) is 9.25. The number of carbonyl (C=O) groups is 4. The number of anilines is 1. The number of rotatable bonds is 3. The average molecular weight is 564 g/mol. The molecule has 0 radical (unpaired) electrons. The Bertz CT molecular complexity index is 1630. The second-order valence-corrected chi connectivity index (χ2v) is 10.9. The molecule has 12 heteroatoms. The van der Waals surface area contributed by atoms with Crippen LogP contribution in [0.15, 0.2) is 47.2 Å². The maximum atomic E-state index is 16.1. The van der Waals surface area contributed by atoms with Crippen molar-refractivity contribution in [3.63, 3.8) is 0 Å². The molecule has 212 valence electrons. The van der Waals surface area contributed by atoms with Crippen molar-refractivity contribution in [2.75, 3.05) is 5.32 Å². The number of aromatic hydroxyl groups is 1. The number of nitrogens with one attached hydrogen (secondary N) is 2. The van der Waals surface area contributed by atoms with Gasteiger partial charge in [0, 0.05) is 35.6 Å². The lowest BCUT2D eigenvalue weighted by molar-refractivity contribution is -0.147. The molecule has 1 fully saturated rings. The predicted octanol–water partition coefficient (Wildman–Crippen LogP) is 1.22. The summed E-state index contributed by atoms with van der Waals surface area (Å²) in [6, 6.07) is 8.39. The first-order valence-electron chi connectivity index (χ1n) is 13.1. The summed E-state index contributed by atoms with van der Waals surface area (Å²) in [6.45, 7) is -0.120. The highest BCUT2D eigenvalue weighted by Crippen LogP contribution is 2.53. The average Bonchev–Trinajstić information content (AvgIpc) is 3.08. The van der Waals surface area contributed by atoms with Crippen LogP contribution >= 0.6 is 0 Å². The summed E-state index contributed by atoms with van der Waals surface area (Å²) in [5, 5.41) is 50.1. The number of aliphatic hydroxyl groups excluding tert-OH is 2. The number of amides is 2. The molecule has 4 atom stereocenters. The molecule has 3 aliphatic carbocycles. The molecule has 41 heavy (non-hydrogen) atoms. The third-order valence-corrected chi connectivity index (χ3v) is 8.64. The van der Waals surface area contributed by atoms with E-state index in [0.717, 1.165) is 5.56 Å². The first kappa shape index (κ1) is 26.7. The van der Waals surface area contributed by atoms with Gasteiger partial charge in [-0.05, 0) is 30.7 Å². The summed E-state index contributed by atoms with van der Waals surface area (Å²) in [5.41, 5.74) is 1.24. The van der Waals surface area contributed by atoms with E-state index in [1.165, 1.54) is 0 Å². The van der Waals surface area contributed by atoms with Crippen molar-refractivity contribution in [2.45, 2.75) is 43.9 Å². The molecule has 1 heterocycles. The lowest BCUT2D eigenvalue weighted by atomic mass is 9.59. The van der Waals surface area contributed by atoms with E-state index in [2.05, 4.69) is 10.6 Å². The number of nitrogens with two attached hydrogens (primary N) is 1. The Labute approximate surface area is 232 Å². The molecule has 0 aromatic heterocycles. The van der Waals surface area contributed by atoms with E-state index in [4.69, 9.17) is 5.73 Å². The number of phenols is 1. The van der Waals surface area contributed by atoms with E-state index >= 15 is 4.39 Å². The smallest absolute Gasteiger partial charge is 0.255 e. The largest absolute Gasteiger partial charge is 0.508 e. The van der Waals surface area contributed by atoms with Gasteiger partial charge >= 0.3 is 0 Å². The Morgan fingerprint density at radius 3 is 2.46 bits per heavy atom. The van der Waals surface area contributed by atoms with E-state index in [1.54, 1.807) is 0 Å². The third-order valence-electron chi connectivity index (χ3n) is 8.64. The maximum Gasteiger partial charge on any atom is 0.255 e. The fraction of sp³-hybridized carbons (Fsp3) is 0.310. The molecule has 4 aliphatic rings. The molecule has 6 rings (SSSR count). The van der Waals surface area contributed by atoms with E-state index in [9.17, 15) is 39.6 Å². The molecule has 1 aliphatic heterocycles. The highest BCUT2D eigenvalue weighted by molar-refractivity contribution is 6.22. The fourth-order valence-electron chi connectivity index (χ4n) is 6.61. The van der Waals surface area contributed by atoms with Crippen LogP contribution in [0.1, 0.15) is 35.1 Å². The summed E-state index contributed by atoms with van der Waals surface area (Å²) in [4.78, 5) is 51.0. The van der Waals surface area contributed by atoms with Crippen molar-refractivity contribution < 1.29 is 44.0 Å². The van der Waals surface area contributed by atoms with E-state index < -0.39 is 93.1 Å². The number of hydrogen-bond donors (Lipinski definition) is 7. The van der Waals surface area contributed by atoms with Crippen LogP contribution in [0.3, 0.4) is 0 Å². The first-order chi connectivity index (χ1) is 19.4. The monoisotopic (exact) mass is 563 g/mol. The summed E-state index contributed by atoms with van der Waals surface area (Å²) in [5.74, 6) is -9.40. The second-order valence-electron chi connectivity index (χ2n) is 10.9. The van der Waals surface area contributed by atoms with Gasteiger partial charge < -0.3 is 36.8 Å². The number of carbonyl (C=O) groups excluding carboxylic acids is 4. The molecule has 2 aromatic carbocycles. The van der Waals surface area contributed by atoms with Crippen LogP contribution in [-0.2, 0) is 38.6 Å². The first-order valence-corrected chi connectivity index (χ1v) is 13.1. The molecule has 0 unspecified atom stereocenters. The zero-order chi connectivity index (χ0) is 29.4. The van der Waals surface area contributed by atoms with Crippen molar-refractivity contribution in [3.05, 3.63) is 75.3 Å². The van der Waals surface area contributed by atoms with Crippen LogP contribution < -0.4 is 16.4 Å². The minimum atomic E-state index is -2.72. The van der Waals surface area contributed by atoms with Gasteiger partial charge in [0.15, 0.2) is 17.1 Å². The van der Waals surface area contributed by atoms with Gasteiger partial charge in [0.1, 0.15) is 22.9 Å². The molecular formula is C29H26FN3O8. The van der Waals surface area contributed by atoms with Crippen molar-refractivity contribution >= 4 is 34.8 Å². The van der Waals surface area contributed by atoms with Gasteiger partial charge in [-0.1, -0.05) is 30.3 Å². The van der Waals surface area contributed by atoms with Crippen molar-refractivity contribution in [1.29, 1.82) is 0 Å². The highest BCUT2D eigenvalue weighted by atomic mass is 19.1. The Hall–Kier alpha value is -4.55. The highest BCUT2D eigenvalue weighted by Gasteiger charge is 2.60. The molecule has 2 amide bonds. The molecule has 8 N–H and O–H groups in total. The molecule has 0 spiro atoms. The van der Waals surface area contributed by atoms with Gasteiger partial charge in [-0.3, -0.25) is 19.2 Å². The molecule has 0 saturated heterocycles. The lowest BCUT2D eigenvalue weighted by Gasteiger charge is -2.46. The van der Waals surface area contributed by atoms with Crippen LogP contribution in [-0.4, -0.2) is 55.4 Å². The molecule has 2 aromatic rings. The number of benzene rings is 2.